The lowest BCUT2D eigenvalue weighted by Gasteiger charge is -2.20. The molecule has 1 N–H and O–H groups in total. The maximum atomic E-state index is 3.16. The maximum Gasteiger partial charge on any atom is 0.000388 e. The number of hydrogen-bond donors (Lipinski definition) is 1. The zero-order chi connectivity index (χ0) is 9.40. The van der Waals surface area contributed by atoms with E-state index in [9.17, 15) is 0 Å². The molecule has 0 rings (SSSR count). The van der Waals surface area contributed by atoms with Gasteiger partial charge in [-0.3, -0.25) is 0 Å². The van der Waals surface area contributed by atoms with Crippen LogP contribution in [0.2, 0.25) is 0 Å². The third-order valence-corrected chi connectivity index (χ3v) is 2.29. The van der Waals surface area contributed by atoms with Gasteiger partial charge in [0.15, 0.2) is 0 Å². The Bertz CT molecular complexity index is 93.8. The van der Waals surface area contributed by atoms with Crippen LogP contribution >= 0.6 is 0 Å². The van der Waals surface area contributed by atoms with Crippen molar-refractivity contribution in [1.29, 1.82) is 0 Å². The van der Waals surface area contributed by atoms with E-state index in [1.54, 1.807) is 0 Å². The van der Waals surface area contributed by atoms with Gasteiger partial charge in [0.25, 0.3) is 0 Å². The van der Waals surface area contributed by atoms with Crippen LogP contribution in [0.3, 0.4) is 0 Å². The molecule has 0 aromatic carbocycles. The molecule has 0 aromatic rings. The summed E-state index contributed by atoms with van der Waals surface area (Å²) in [5, 5.41) is 3.16. The van der Waals surface area contributed by atoms with Crippen molar-refractivity contribution in [3.8, 4) is 0 Å². The molecule has 0 bridgehead atoms. The summed E-state index contributed by atoms with van der Waals surface area (Å²) in [6.45, 7) is 8.15. The Hall–Kier alpha value is -0.0800. The summed E-state index contributed by atoms with van der Waals surface area (Å²) >= 11 is 0. The Labute approximate surface area is 77.3 Å². The van der Waals surface area contributed by atoms with Gasteiger partial charge in [-0.1, -0.05) is 20.3 Å². The largest absolute Gasteiger partial charge is 0.320 e. The van der Waals surface area contributed by atoms with Gasteiger partial charge in [0.1, 0.15) is 0 Å². The smallest absolute Gasteiger partial charge is 0.000388 e. The minimum atomic E-state index is 0.838. The van der Waals surface area contributed by atoms with E-state index < -0.39 is 0 Å². The fourth-order valence-electron chi connectivity index (χ4n) is 1.28. The lowest BCUT2D eigenvalue weighted by molar-refractivity contribution is 0.279. The summed E-state index contributed by atoms with van der Waals surface area (Å²) in [5.41, 5.74) is 0. The zero-order valence-electron chi connectivity index (χ0n) is 9.06. The van der Waals surface area contributed by atoms with E-state index in [0.717, 1.165) is 12.5 Å². The molecule has 0 spiro atoms. The number of rotatable bonds is 7. The summed E-state index contributed by atoms with van der Waals surface area (Å²) in [7, 11) is 4.22. The standard InChI is InChI=1S/C10H24N2/c1-5-10(2)9-12(4)8-6-7-11-3/h10-11H,5-9H2,1-4H3. The van der Waals surface area contributed by atoms with Crippen LogP contribution in [-0.2, 0) is 0 Å². The Kier molecular flexibility index (Phi) is 7.51. The van der Waals surface area contributed by atoms with E-state index in [1.807, 2.05) is 7.05 Å². The van der Waals surface area contributed by atoms with Gasteiger partial charge in [-0.15, -0.1) is 0 Å². The second-order valence-corrected chi connectivity index (χ2v) is 3.73. The molecule has 2 nitrogen and oxygen atoms in total. The Balaban J connectivity index is 3.26. The van der Waals surface area contributed by atoms with E-state index in [-0.39, 0.29) is 0 Å². The van der Waals surface area contributed by atoms with Crippen LogP contribution in [-0.4, -0.2) is 38.6 Å². The number of nitrogens with zero attached hydrogens (tertiary/aromatic N) is 1. The fourth-order valence-corrected chi connectivity index (χ4v) is 1.28. The van der Waals surface area contributed by atoms with Crippen LogP contribution in [0.15, 0.2) is 0 Å². The lowest BCUT2D eigenvalue weighted by Crippen LogP contribution is -2.27. The van der Waals surface area contributed by atoms with Crippen LogP contribution in [0.25, 0.3) is 0 Å². The van der Waals surface area contributed by atoms with Crippen molar-refractivity contribution in [2.24, 2.45) is 5.92 Å². The molecular formula is C10H24N2. The van der Waals surface area contributed by atoms with Crippen molar-refractivity contribution in [2.45, 2.75) is 26.7 Å². The van der Waals surface area contributed by atoms with Crippen LogP contribution in [0, 0.1) is 5.92 Å². The summed E-state index contributed by atoms with van der Waals surface area (Å²) in [6.07, 6.45) is 2.54. The quantitative estimate of drug-likeness (QED) is 0.586. The molecule has 0 aliphatic carbocycles. The predicted molar refractivity (Wildman–Crippen MR) is 55.5 cm³/mol. The van der Waals surface area contributed by atoms with Gasteiger partial charge in [-0.2, -0.15) is 0 Å². The number of nitrogens with one attached hydrogen (secondary N) is 1. The summed E-state index contributed by atoms with van der Waals surface area (Å²) < 4.78 is 0. The molecule has 0 saturated heterocycles. The molecule has 2 heteroatoms. The average Bonchev–Trinajstić information content (AvgIpc) is 2.05. The summed E-state index contributed by atoms with van der Waals surface area (Å²) in [5.74, 6) is 0.838. The van der Waals surface area contributed by atoms with Crippen LogP contribution in [0.5, 0.6) is 0 Å². The highest BCUT2D eigenvalue weighted by Gasteiger charge is 2.02. The molecule has 0 saturated carbocycles. The molecular weight excluding hydrogens is 148 g/mol. The molecule has 12 heavy (non-hydrogen) atoms. The second-order valence-electron chi connectivity index (χ2n) is 3.73. The van der Waals surface area contributed by atoms with Gasteiger partial charge >= 0.3 is 0 Å². The minimum Gasteiger partial charge on any atom is -0.320 e. The van der Waals surface area contributed by atoms with Crippen molar-refractivity contribution in [2.75, 3.05) is 33.7 Å². The molecule has 0 fully saturated rings. The molecule has 1 atom stereocenters. The molecule has 0 amide bonds. The van der Waals surface area contributed by atoms with Gasteiger partial charge in [0, 0.05) is 6.54 Å². The first-order chi connectivity index (χ1) is 5.70. The maximum absolute atomic E-state index is 3.16. The normalized spacial score (nSPS) is 13.8. The Morgan fingerprint density at radius 1 is 1.42 bits per heavy atom. The third-order valence-electron chi connectivity index (χ3n) is 2.29. The molecule has 0 heterocycles. The van der Waals surface area contributed by atoms with Crippen molar-refractivity contribution in [1.82, 2.24) is 10.2 Å². The van der Waals surface area contributed by atoms with Gasteiger partial charge in [-0.05, 0) is 39.5 Å². The van der Waals surface area contributed by atoms with Gasteiger partial charge in [-0.25, -0.2) is 0 Å². The molecule has 0 aromatic heterocycles. The highest BCUT2D eigenvalue weighted by molar-refractivity contribution is 4.57. The summed E-state index contributed by atoms with van der Waals surface area (Å²) in [6, 6.07) is 0. The first kappa shape index (κ1) is 11.9. The topological polar surface area (TPSA) is 15.3 Å². The highest BCUT2D eigenvalue weighted by atomic mass is 15.1. The third kappa shape index (κ3) is 6.62. The van der Waals surface area contributed by atoms with Crippen molar-refractivity contribution in [3.63, 3.8) is 0 Å². The number of hydrogen-bond acceptors (Lipinski definition) is 2. The molecule has 74 valence electrons. The Morgan fingerprint density at radius 3 is 2.58 bits per heavy atom. The highest BCUT2D eigenvalue weighted by Crippen LogP contribution is 2.02. The SMILES string of the molecule is CCC(C)CN(C)CCCNC. The van der Waals surface area contributed by atoms with Gasteiger partial charge in [0.05, 0.1) is 0 Å². The van der Waals surface area contributed by atoms with Gasteiger partial charge in [0.2, 0.25) is 0 Å². The Morgan fingerprint density at radius 2 is 2.08 bits per heavy atom. The van der Waals surface area contributed by atoms with E-state index in [4.69, 9.17) is 0 Å². The van der Waals surface area contributed by atoms with Crippen LogP contribution in [0.1, 0.15) is 26.7 Å². The molecule has 0 aliphatic rings. The first-order valence-corrected chi connectivity index (χ1v) is 5.03. The minimum absolute atomic E-state index is 0.838. The second kappa shape index (κ2) is 7.56. The van der Waals surface area contributed by atoms with Crippen molar-refractivity contribution in [3.05, 3.63) is 0 Å². The van der Waals surface area contributed by atoms with E-state index in [0.29, 0.717) is 0 Å². The van der Waals surface area contributed by atoms with Crippen LogP contribution in [0.4, 0.5) is 0 Å². The zero-order valence-corrected chi connectivity index (χ0v) is 9.06. The van der Waals surface area contributed by atoms with E-state index in [2.05, 4.69) is 31.1 Å². The van der Waals surface area contributed by atoms with Crippen molar-refractivity contribution >= 4 is 0 Å². The molecule has 0 radical (unpaired) electrons. The average molecular weight is 172 g/mol. The van der Waals surface area contributed by atoms with Crippen LogP contribution < -0.4 is 5.32 Å². The summed E-state index contributed by atoms with van der Waals surface area (Å²) in [4.78, 5) is 2.42. The van der Waals surface area contributed by atoms with Gasteiger partial charge < -0.3 is 10.2 Å². The lowest BCUT2D eigenvalue weighted by atomic mass is 10.1. The predicted octanol–water partition coefficient (Wildman–Crippen LogP) is 1.57. The monoisotopic (exact) mass is 172 g/mol. The van der Waals surface area contributed by atoms with E-state index in [1.165, 1.54) is 25.9 Å². The van der Waals surface area contributed by atoms with Crippen molar-refractivity contribution < 1.29 is 0 Å². The molecule has 1 unspecified atom stereocenters. The molecule has 0 aliphatic heterocycles. The van der Waals surface area contributed by atoms with E-state index >= 15 is 0 Å². The fraction of sp³-hybridized carbons (Fsp3) is 1.00. The first-order valence-electron chi connectivity index (χ1n) is 5.03.